The molecule has 1 aromatic carbocycles. The van der Waals surface area contributed by atoms with E-state index < -0.39 is 9.84 Å². The average molecular weight is 253 g/mol. The molecular weight excluding hydrogens is 238 g/mol. The molecule has 0 amide bonds. The van der Waals surface area contributed by atoms with E-state index in [9.17, 15) is 8.42 Å². The van der Waals surface area contributed by atoms with E-state index >= 15 is 0 Å². The molecule has 1 aromatic rings. The van der Waals surface area contributed by atoms with E-state index in [1.807, 2.05) is 25.1 Å². The minimum atomic E-state index is -2.91. The molecule has 2 atom stereocenters. The van der Waals surface area contributed by atoms with Gasteiger partial charge >= 0.3 is 0 Å². The predicted octanol–water partition coefficient (Wildman–Crippen LogP) is 1.36. The first kappa shape index (κ1) is 10.9. The molecule has 4 nitrogen and oxygen atoms in total. The summed E-state index contributed by atoms with van der Waals surface area (Å²) in [6, 6.07) is 5.76. The van der Waals surface area contributed by atoms with Crippen LogP contribution in [0.5, 0.6) is 5.75 Å². The fraction of sp³-hybridized carbons (Fsp3) is 0.500. The van der Waals surface area contributed by atoms with Gasteiger partial charge in [0.15, 0.2) is 9.84 Å². The van der Waals surface area contributed by atoms with Gasteiger partial charge in [-0.15, -0.1) is 0 Å². The van der Waals surface area contributed by atoms with Gasteiger partial charge in [-0.05, 0) is 18.6 Å². The van der Waals surface area contributed by atoms with Crippen molar-refractivity contribution in [3.63, 3.8) is 0 Å². The fourth-order valence-electron chi connectivity index (χ4n) is 2.51. The SMILES string of the molecule is Cc1cccc2c1NC1CS(=O)(=O)CCC1O2. The maximum atomic E-state index is 11.6. The van der Waals surface area contributed by atoms with Crippen molar-refractivity contribution in [2.45, 2.75) is 25.5 Å². The molecule has 0 radical (unpaired) electrons. The highest BCUT2D eigenvalue weighted by Crippen LogP contribution is 2.36. The summed E-state index contributed by atoms with van der Waals surface area (Å²) in [5.41, 5.74) is 2.02. The molecule has 5 heteroatoms. The van der Waals surface area contributed by atoms with E-state index in [1.165, 1.54) is 0 Å². The molecule has 17 heavy (non-hydrogen) atoms. The van der Waals surface area contributed by atoms with Crippen molar-refractivity contribution in [1.82, 2.24) is 0 Å². The highest BCUT2D eigenvalue weighted by Gasteiger charge is 2.38. The van der Waals surface area contributed by atoms with Crippen molar-refractivity contribution < 1.29 is 13.2 Å². The molecule has 1 fully saturated rings. The Morgan fingerprint density at radius 2 is 2.24 bits per heavy atom. The van der Waals surface area contributed by atoms with Crippen molar-refractivity contribution >= 4 is 15.5 Å². The minimum Gasteiger partial charge on any atom is -0.486 e. The fourth-order valence-corrected chi connectivity index (χ4v) is 4.11. The third-order valence-corrected chi connectivity index (χ3v) is 5.16. The van der Waals surface area contributed by atoms with Crippen molar-refractivity contribution in [3.05, 3.63) is 23.8 Å². The van der Waals surface area contributed by atoms with Gasteiger partial charge in [0.05, 0.1) is 23.2 Å². The Morgan fingerprint density at radius 1 is 1.41 bits per heavy atom. The van der Waals surface area contributed by atoms with Crippen LogP contribution in [0.4, 0.5) is 5.69 Å². The van der Waals surface area contributed by atoms with Crippen LogP contribution >= 0.6 is 0 Å². The molecule has 0 aromatic heterocycles. The minimum absolute atomic E-state index is 0.0205. The van der Waals surface area contributed by atoms with Crippen molar-refractivity contribution in [2.24, 2.45) is 0 Å². The second-order valence-electron chi connectivity index (χ2n) is 4.76. The largest absolute Gasteiger partial charge is 0.486 e. The monoisotopic (exact) mass is 253 g/mol. The molecule has 1 N–H and O–H groups in total. The van der Waals surface area contributed by atoms with Gasteiger partial charge in [0.2, 0.25) is 0 Å². The van der Waals surface area contributed by atoms with Gasteiger partial charge in [0, 0.05) is 6.42 Å². The Bertz CT molecular complexity index is 553. The summed E-state index contributed by atoms with van der Waals surface area (Å²) in [5, 5.41) is 3.32. The Kier molecular flexibility index (Phi) is 2.33. The predicted molar refractivity (Wildman–Crippen MR) is 66.3 cm³/mol. The maximum absolute atomic E-state index is 11.6. The van der Waals surface area contributed by atoms with Crippen molar-refractivity contribution in [1.29, 1.82) is 0 Å². The summed E-state index contributed by atoms with van der Waals surface area (Å²) in [6.45, 7) is 1.99. The van der Waals surface area contributed by atoms with Gasteiger partial charge in [0.25, 0.3) is 0 Å². The summed E-state index contributed by atoms with van der Waals surface area (Å²) in [6.07, 6.45) is 0.556. The number of hydrogen-bond acceptors (Lipinski definition) is 4. The van der Waals surface area contributed by atoms with E-state index in [-0.39, 0.29) is 23.7 Å². The van der Waals surface area contributed by atoms with Crippen LogP contribution in [0, 0.1) is 6.92 Å². The topological polar surface area (TPSA) is 55.4 Å². The zero-order valence-electron chi connectivity index (χ0n) is 9.64. The number of rotatable bonds is 0. The zero-order valence-corrected chi connectivity index (χ0v) is 10.5. The van der Waals surface area contributed by atoms with Gasteiger partial charge < -0.3 is 10.1 Å². The number of nitrogens with one attached hydrogen (secondary N) is 1. The summed E-state index contributed by atoms with van der Waals surface area (Å²) >= 11 is 0. The quantitative estimate of drug-likeness (QED) is 0.758. The van der Waals surface area contributed by atoms with Crippen LogP contribution in [0.1, 0.15) is 12.0 Å². The molecule has 0 bridgehead atoms. The maximum Gasteiger partial charge on any atom is 0.152 e. The molecule has 1 saturated heterocycles. The van der Waals surface area contributed by atoms with Crippen LogP contribution in [-0.2, 0) is 9.84 Å². The Morgan fingerprint density at radius 3 is 3.06 bits per heavy atom. The number of hydrogen-bond donors (Lipinski definition) is 1. The van der Waals surface area contributed by atoms with E-state index in [0.717, 1.165) is 17.0 Å². The van der Waals surface area contributed by atoms with E-state index in [1.54, 1.807) is 0 Å². The molecule has 2 heterocycles. The van der Waals surface area contributed by atoms with Crippen LogP contribution < -0.4 is 10.1 Å². The lowest BCUT2D eigenvalue weighted by atomic mass is 10.0. The number of ether oxygens (including phenoxy) is 1. The summed E-state index contributed by atoms with van der Waals surface area (Å²) in [5.74, 6) is 1.24. The number of benzene rings is 1. The first-order chi connectivity index (χ1) is 8.05. The van der Waals surface area contributed by atoms with Gasteiger partial charge in [0.1, 0.15) is 11.9 Å². The molecule has 0 aliphatic carbocycles. The molecular formula is C12H15NO3S. The average Bonchev–Trinajstić information content (AvgIpc) is 2.27. The smallest absolute Gasteiger partial charge is 0.152 e. The van der Waals surface area contributed by atoms with Crippen LogP contribution in [0.15, 0.2) is 18.2 Å². The van der Waals surface area contributed by atoms with Crippen LogP contribution in [0.2, 0.25) is 0 Å². The van der Waals surface area contributed by atoms with Gasteiger partial charge in [-0.25, -0.2) is 8.42 Å². The van der Waals surface area contributed by atoms with Crippen molar-refractivity contribution in [2.75, 3.05) is 16.8 Å². The highest BCUT2D eigenvalue weighted by molar-refractivity contribution is 7.91. The summed E-state index contributed by atoms with van der Waals surface area (Å²) < 4.78 is 29.1. The van der Waals surface area contributed by atoms with Gasteiger partial charge in [-0.1, -0.05) is 12.1 Å². The summed E-state index contributed by atoms with van der Waals surface area (Å²) in [7, 11) is -2.91. The van der Waals surface area contributed by atoms with Crippen LogP contribution in [-0.4, -0.2) is 32.1 Å². The first-order valence-electron chi connectivity index (χ1n) is 5.78. The highest BCUT2D eigenvalue weighted by atomic mass is 32.2. The second kappa shape index (κ2) is 3.63. The third kappa shape index (κ3) is 1.88. The van der Waals surface area contributed by atoms with Gasteiger partial charge in [-0.3, -0.25) is 0 Å². The molecule has 2 aliphatic rings. The standard InChI is InChI=1S/C12H15NO3S/c1-8-3-2-4-11-12(8)13-9-7-17(14,15)6-5-10(9)16-11/h2-4,9-10,13H,5-7H2,1H3. The van der Waals surface area contributed by atoms with Gasteiger partial charge in [-0.2, -0.15) is 0 Å². The molecule has 2 unspecified atom stereocenters. The number of aryl methyl sites for hydroxylation is 1. The Labute approximate surface area is 101 Å². The lowest BCUT2D eigenvalue weighted by Gasteiger charge is -2.38. The lowest BCUT2D eigenvalue weighted by molar-refractivity contribution is 0.167. The zero-order chi connectivity index (χ0) is 12.0. The molecule has 0 saturated carbocycles. The second-order valence-corrected chi connectivity index (χ2v) is 6.99. The van der Waals surface area contributed by atoms with E-state index in [4.69, 9.17) is 4.74 Å². The molecule has 2 aliphatic heterocycles. The molecule has 92 valence electrons. The summed E-state index contributed by atoms with van der Waals surface area (Å²) in [4.78, 5) is 0. The van der Waals surface area contributed by atoms with E-state index in [0.29, 0.717) is 6.42 Å². The normalized spacial score (nSPS) is 29.5. The van der Waals surface area contributed by atoms with E-state index in [2.05, 4.69) is 5.32 Å². The third-order valence-electron chi connectivity index (χ3n) is 3.44. The molecule has 0 spiro atoms. The van der Waals surface area contributed by atoms with Crippen molar-refractivity contribution in [3.8, 4) is 5.75 Å². The van der Waals surface area contributed by atoms with Crippen LogP contribution in [0.25, 0.3) is 0 Å². The number of anilines is 1. The first-order valence-corrected chi connectivity index (χ1v) is 7.60. The lowest BCUT2D eigenvalue weighted by Crippen LogP contribution is -2.50. The Hall–Kier alpha value is -1.23. The Balaban J connectivity index is 1.96. The van der Waals surface area contributed by atoms with Crippen LogP contribution in [0.3, 0.4) is 0 Å². The number of para-hydroxylation sites is 1. The molecule has 3 rings (SSSR count). The number of sulfone groups is 1. The number of fused-ring (bicyclic) bond motifs is 2.